The van der Waals surface area contributed by atoms with Crippen LogP contribution in [0.1, 0.15) is 75.8 Å². The predicted octanol–water partition coefficient (Wildman–Crippen LogP) is 5.39. The van der Waals surface area contributed by atoms with Crippen LogP contribution in [0, 0.1) is 5.41 Å². The third kappa shape index (κ3) is 4.34. The molecule has 22 heavy (non-hydrogen) atoms. The minimum Gasteiger partial charge on any atom is -0.481 e. The Morgan fingerprint density at radius 1 is 1.05 bits per heavy atom. The number of aryl methyl sites for hydroxylation is 1. The maximum Gasteiger partial charge on any atom is 0.309 e. The van der Waals surface area contributed by atoms with Crippen LogP contribution in [0.4, 0.5) is 0 Å². The predicted molar refractivity (Wildman–Crippen MR) is 91.1 cm³/mol. The van der Waals surface area contributed by atoms with E-state index in [1.807, 2.05) is 6.07 Å². The van der Waals surface area contributed by atoms with E-state index in [0.717, 1.165) is 25.7 Å². The largest absolute Gasteiger partial charge is 0.481 e. The van der Waals surface area contributed by atoms with Gasteiger partial charge in [0.05, 0.1) is 5.41 Å². The average Bonchev–Trinajstić information content (AvgIpc) is 2.53. The molecule has 0 aliphatic heterocycles. The van der Waals surface area contributed by atoms with E-state index in [2.05, 4.69) is 25.1 Å². The van der Waals surface area contributed by atoms with Gasteiger partial charge < -0.3 is 5.11 Å². The lowest BCUT2D eigenvalue weighted by Crippen LogP contribution is -2.37. The van der Waals surface area contributed by atoms with Gasteiger partial charge in [0, 0.05) is 0 Å². The summed E-state index contributed by atoms with van der Waals surface area (Å²) in [4.78, 5) is 11.9. The van der Waals surface area contributed by atoms with E-state index in [4.69, 9.17) is 0 Å². The molecule has 2 rings (SSSR count). The molecule has 1 atom stereocenters. The van der Waals surface area contributed by atoms with Crippen molar-refractivity contribution in [2.24, 2.45) is 5.41 Å². The number of carboxylic acid groups (broad SMARTS) is 1. The third-order valence-corrected chi connectivity index (χ3v) is 5.23. The molecule has 1 aliphatic carbocycles. The molecule has 0 saturated heterocycles. The first-order valence-corrected chi connectivity index (χ1v) is 8.98. The Morgan fingerprint density at radius 3 is 2.36 bits per heavy atom. The Morgan fingerprint density at radius 2 is 1.68 bits per heavy atom. The van der Waals surface area contributed by atoms with Crippen LogP contribution >= 0.6 is 0 Å². The summed E-state index contributed by atoms with van der Waals surface area (Å²) in [6, 6.07) is 8.35. The van der Waals surface area contributed by atoms with Gasteiger partial charge in [-0.2, -0.15) is 0 Å². The summed E-state index contributed by atoms with van der Waals surface area (Å²) in [5.74, 6) is -0.590. The lowest BCUT2D eigenvalue weighted by molar-refractivity contribution is -0.150. The highest BCUT2D eigenvalue weighted by Gasteiger charge is 2.40. The maximum atomic E-state index is 11.9. The minimum absolute atomic E-state index is 0.516. The van der Waals surface area contributed by atoms with E-state index in [0.29, 0.717) is 6.42 Å². The van der Waals surface area contributed by atoms with Gasteiger partial charge in [-0.3, -0.25) is 4.79 Å². The molecular weight excluding hydrogens is 272 g/mol. The molecule has 0 radical (unpaired) electrons. The molecule has 0 bridgehead atoms. The Balaban J connectivity index is 1.84. The Hall–Kier alpha value is -1.31. The zero-order valence-corrected chi connectivity index (χ0v) is 13.9. The van der Waals surface area contributed by atoms with Gasteiger partial charge in [0.15, 0.2) is 0 Å². The van der Waals surface area contributed by atoms with Gasteiger partial charge in [-0.15, -0.1) is 0 Å². The van der Waals surface area contributed by atoms with E-state index >= 15 is 0 Å². The number of carbonyl (C=O) groups is 1. The van der Waals surface area contributed by atoms with Crippen molar-refractivity contribution in [3.8, 4) is 0 Å². The first kappa shape index (κ1) is 17.1. The second kappa shape index (κ2) is 8.36. The number of hydrogen-bond donors (Lipinski definition) is 1. The molecule has 2 heteroatoms. The van der Waals surface area contributed by atoms with Crippen molar-refractivity contribution in [3.05, 3.63) is 35.4 Å². The molecule has 0 aromatic heterocycles. The van der Waals surface area contributed by atoms with Crippen molar-refractivity contribution < 1.29 is 9.90 Å². The van der Waals surface area contributed by atoms with Crippen LogP contribution in [0.3, 0.4) is 0 Å². The molecule has 1 aliphatic rings. The number of rotatable bonds is 9. The summed E-state index contributed by atoms with van der Waals surface area (Å²) in [6.45, 7) is 2.23. The van der Waals surface area contributed by atoms with Crippen molar-refractivity contribution >= 4 is 5.97 Å². The zero-order chi connectivity index (χ0) is 15.8. The number of hydrogen-bond acceptors (Lipinski definition) is 1. The van der Waals surface area contributed by atoms with Crippen LogP contribution < -0.4 is 0 Å². The van der Waals surface area contributed by atoms with Gasteiger partial charge in [-0.1, -0.05) is 76.1 Å². The number of carboxylic acids is 1. The van der Waals surface area contributed by atoms with Crippen molar-refractivity contribution in [2.45, 2.75) is 77.6 Å². The molecule has 0 fully saturated rings. The van der Waals surface area contributed by atoms with E-state index < -0.39 is 11.4 Å². The molecule has 0 heterocycles. The van der Waals surface area contributed by atoms with Crippen molar-refractivity contribution in [2.75, 3.05) is 0 Å². The van der Waals surface area contributed by atoms with Crippen LogP contribution in [0.15, 0.2) is 24.3 Å². The number of benzene rings is 1. The number of fused-ring (bicyclic) bond motifs is 1. The molecular formula is C20H30O2. The van der Waals surface area contributed by atoms with Gasteiger partial charge in [0.2, 0.25) is 0 Å². The maximum absolute atomic E-state index is 11.9. The number of unbranched alkanes of at least 4 members (excludes halogenated alkanes) is 6. The normalized spacial score (nSPS) is 20.6. The first-order valence-electron chi connectivity index (χ1n) is 8.98. The molecule has 0 saturated carbocycles. The van der Waals surface area contributed by atoms with Crippen LogP contribution in [0.2, 0.25) is 0 Å². The van der Waals surface area contributed by atoms with Crippen molar-refractivity contribution in [3.63, 3.8) is 0 Å². The molecule has 1 aromatic rings. The summed E-state index contributed by atoms with van der Waals surface area (Å²) < 4.78 is 0. The van der Waals surface area contributed by atoms with Gasteiger partial charge in [-0.25, -0.2) is 0 Å². The fourth-order valence-corrected chi connectivity index (χ4v) is 3.72. The second-order valence-electron chi connectivity index (χ2n) is 6.90. The molecule has 122 valence electrons. The van der Waals surface area contributed by atoms with Gasteiger partial charge in [-0.05, 0) is 36.8 Å². The SMILES string of the molecule is CCCCCCCCCC1(C(=O)O)CCc2ccccc2C1. The first-order chi connectivity index (χ1) is 10.7. The lowest BCUT2D eigenvalue weighted by Gasteiger charge is -2.34. The topological polar surface area (TPSA) is 37.3 Å². The van der Waals surface area contributed by atoms with Gasteiger partial charge >= 0.3 is 5.97 Å². The summed E-state index contributed by atoms with van der Waals surface area (Å²) in [7, 11) is 0. The zero-order valence-electron chi connectivity index (χ0n) is 13.9. The third-order valence-electron chi connectivity index (χ3n) is 5.23. The Kier molecular flexibility index (Phi) is 6.48. The van der Waals surface area contributed by atoms with Gasteiger partial charge in [0.25, 0.3) is 0 Å². The smallest absolute Gasteiger partial charge is 0.309 e. The standard InChI is InChI=1S/C20H30O2/c1-2-3-4-5-6-7-10-14-20(19(21)22)15-13-17-11-8-9-12-18(17)16-20/h8-9,11-12H,2-7,10,13-16H2,1H3,(H,21,22). The fraction of sp³-hybridized carbons (Fsp3) is 0.650. The fourth-order valence-electron chi connectivity index (χ4n) is 3.72. The highest BCUT2D eigenvalue weighted by Crippen LogP contribution is 2.40. The summed E-state index contributed by atoms with van der Waals surface area (Å²) in [5, 5.41) is 9.79. The van der Waals surface area contributed by atoms with Crippen LogP contribution in [-0.2, 0) is 17.6 Å². The Labute approximate surface area is 134 Å². The average molecular weight is 302 g/mol. The van der Waals surface area contributed by atoms with Crippen molar-refractivity contribution in [1.82, 2.24) is 0 Å². The van der Waals surface area contributed by atoms with E-state index in [1.165, 1.54) is 49.7 Å². The van der Waals surface area contributed by atoms with Crippen molar-refractivity contribution in [1.29, 1.82) is 0 Å². The molecule has 0 spiro atoms. The van der Waals surface area contributed by atoms with E-state index in [-0.39, 0.29) is 0 Å². The van der Waals surface area contributed by atoms with Crippen LogP contribution in [-0.4, -0.2) is 11.1 Å². The lowest BCUT2D eigenvalue weighted by atomic mass is 9.69. The highest BCUT2D eigenvalue weighted by molar-refractivity contribution is 5.75. The summed E-state index contributed by atoms with van der Waals surface area (Å²) >= 11 is 0. The number of aliphatic carboxylic acids is 1. The molecule has 1 unspecified atom stereocenters. The minimum atomic E-state index is -0.590. The van der Waals surface area contributed by atoms with Crippen LogP contribution in [0.25, 0.3) is 0 Å². The van der Waals surface area contributed by atoms with E-state index in [9.17, 15) is 9.90 Å². The summed E-state index contributed by atoms with van der Waals surface area (Å²) in [6.07, 6.45) is 12.0. The summed E-state index contributed by atoms with van der Waals surface area (Å²) in [5.41, 5.74) is 2.08. The monoisotopic (exact) mass is 302 g/mol. The molecule has 2 nitrogen and oxygen atoms in total. The van der Waals surface area contributed by atoms with E-state index in [1.54, 1.807) is 0 Å². The van der Waals surface area contributed by atoms with Crippen LogP contribution in [0.5, 0.6) is 0 Å². The van der Waals surface area contributed by atoms with Gasteiger partial charge in [0.1, 0.15) is 0 Å². The quantitative estimate of drug-likeness (QED) is 0.621. The second-order valence-corrected chi connectivity index (χ2v) is 6.90. The Bertz CT molecular complexity index is 480. The molecule has 0 amide bonds. The molecule has 1 N–H and O–H groups in total. The highest BCUT2D eigenvalue weighted by atomic mass is 16.4. The molecule has 1 aromatic carbocycles.